The number of thiazole rings is 1. The van der Waals surface area contributed by atoms with E-state index in [1.165, 1.54) is 25.0 Å². The molecule has 2 aromatic rings. The molecule has 0 atom stereocenters. The van der Waals surface area contributed by atoms with E-state index < -0.39 is 0 Å². The van der Waals surface area contributed by atoms with Crippen molar-refractivity contribution in [3.63, 3.8) is 0 Å². The number of hydrogen-bond acceptors (Lipinski definition) is 3. The van der Waals surface area contributed by atoms with Crippen molar-refractivity contribution in [3.8, 4) is 11.3 Å². The molecule has 0 spiro atoms. The number of halogens is 2. The van der Waals surface area contributed by atoms with Crippen molar-refractivity contribution in [1.29, 1.82) is 0 Å². The van der Waals surface area contributed by atoms with E-state index in [2.05, 4.69) is 20.9 Å². The van der Waals surface area contributed by atoms with Gasteiger partial charge in [-0.1, -0.05) is 0 Å². The SMILES string of the molecule is Nc1sc(C2CC2)nc1-c1ccc(F)cc1Br. The van der Waals surface area contributed by atoms with Gasteiger partial charge in [-0.15, -0.1) is 11.3 Å². The second-order valence-electron chi connectivity index (χ2n) is 4.16. The lowest BCUT2D eigenvalue weighted by Crippen LogP contribution is -1.88. The Balaban J connectivity index is 2.07. The molecule has 2 N–H and O–H groups in total. The first-order valence-corrected chi connectivity index (χ1v) is 6.97. The van der Waals surface area contributed by atoms with Crippen molar-refractivity contribution in [2.75, 3.05) is 5.73 Å². The summed E-state index contributed by atoms with van der Waals surface area (Å²) in [6.07, 6.45) is 2.41. The Morgan fingerprint density at radius 1 is 1.41 bits per heavy atom. The molecule has 5 heteroatoms. The van der Waals surface area contributed by atoms with Crippen molar-refractivity contribution in [2.45, 2.75) is 18.8 Å². The van der Waals surface area contributed by atoms with Crippen molar-refractivity contribution in [3.05, 3.63) is 33.5 Å². The zero-order valence-corrected chi connectivity index (χ0v) is 11.3. The largest absolute Gasteiger partial charge is 0.389 e. The summed E-state index contributed by atoms with van der Waals surface area (Å²) in [4.78, 5) is 4.57. The monoisotopic (exact) mass is 312 g/mol. The lowest BCUT2D eigenvalue weighted by Gasteiger charge is -2.02. The van der Waals surface area contributed by atoms with Gasteiger partial charge in [0, 0.05) is 16.0 Å². The maximum absolute atomic E-state index is 13.0. The standard InChI is InChI=1S/C12H10BrFN2S/c13-9-5-7(14)3-4-8(9)10-11(15)17-12(16-10)6-1-2-6/h3-6H,1-2,15H2. The second-order valence-corrected chi connectivity index (χ2v) is 6.08. The lowest BCUT2D eigenvalue weighted by molar-refractivity contribution is 0.627. The van der Waals surface area contributed by atoms with Crippen LogP contribution in [0.2, 0.25) is 0 Å². The van der Waals surface area contributed by atoms with Crippen LogP contribution < -0.4 is 5.73 Å². The fraction of sp³-hybridized carbons (Fsp3) is 0.250. The maximum atomic E-state index is 13.0. The molecule has 1 fully saturated rings. The Labute approximate surface area is 111 Å². The molecule has 0 unspecified atom stereocenters. The first kappa shape index (κ1) is 11.2. The highest BCUT2D eigenvalue weighted by molar-refractivity contribution is 9.10. The van der Waals surface area contributed by atoms with Crippen LogP contribution in [0.3, 0.4) is 0 Å². The topological polar surface area (TPSA) is 38.9 Å². The number of nitrogens with two attached hydrogens (primary N) is 1. The number of aromatic nitrogens is 1. The second kappa shape index (κ2) is 4.07. The molecule has 17 heavy (non-hydrogen) atoms. The quantitative estimate of drug-likeness (QED) is 0.903. The summed E-state index contributed by atoms with van der Waals surface area (Å²) in [6, 6.07) is 4.57. The van der Waals surface area contributed by atoms with Gasteiger partial charge in [0.1, 0.15) is 16.5 Å². The Kier molecular flexibility index (Phi) is 2.67. The van der Waals surface area contributed by atoms with Crippen molar-refractivity contribution in [1.82, 2.24) is 4.98 Å². The van der Waals surface area contributed by atoms with E-state index in [1.54, 1.807) is 17.4 Å². The molecule has 1 aliphatic rings. The number of benzene rings is 1. The van der Waals surface area contributed by atoms with Gasteiger partial charge in [0.15, 0.2) is 0 Å². The molecule has 88 valence electrons. The minimum atomic E-state index is -0.267. The van der Waals surface area contributed by atoms with E-state index in [0.717, 1.165) is 16.3 Å². The molecule has 0 bridgehead atoms. The maximum Gasteiger partial charge on any atom is 0.124 e. The number of nitrogen functional groups attached to an aromatic ring is 1. The average Bonchev–Trinajstić information content (AvgIpc) is 3.04. The van der Waals surface area contributed by atoms with Gasteiger partial charge >= 0.3 is 0 Å². The predicted molar refractivity (Wildman–Crippen MR) is 71.6 cm³/mol. The van der Waals surface area contributed by atoms with E-state index in [-0.39, 0.29) is 5.82 Å². The number of hydrogen-bond donors (Lipinski definition) is 1. The van der Waals surface area contributed by atoms with Gasteiger partial charge in [0.2, 0.25) is 0 Å². The first-order valence-electron chi connectivity index (χ1n) is 5.37. The molecule has 3 rings (SSSR count). The van der Waals surface area contributed by atoms with Crippen LogP contribution in [0.5, 0.6) is 0 Å². The third kappa shape index (κ3) is 2.09. The Morgan fingerprint density at radius 2 is 2.18 bits per heavy atom. The third-order valence-corrected chi connectivity index (χ3v) is 4.49. The van der Waals surface area contributed by atoms with E-state index in [0.29, 0.717) is 15.4 Å². The van der Waals surface area contributed by atoms with E-state index in [1.807, 2.05) is 0 Å². The first-order chi connectivity index (χ1) is 8.15. The number of anilines is 1. The molecule has 0 saturated heterocycles. The number of rotatable bonds is 2. The summed E-state index contributed by atoms with van der Waals surface area (Å²) in [5, 5.41) is 1.81. The molecule has 0 amide bonds. The van der Waals surface area contributed by atoms with Gasteiger partial charge in [-0.2, -0.15) is 0 Å². The van der Waals surface area contributed by atoms with E-state index in [4.69, 9.17) is 5.73 Å². The zero-order valence-electron chi connectivity index (χ0n) is 8.91. The minimum absolute atomic E-state index is 0.267. The van der Waals surface area contributed by atoms with Crippen LogP contribution in [-0.4, -0.2) is 4.98 Å². The summed E-state index contributed by atoms with van der Waals surface area (Å²) in [5.74, 6) is 0.326. The lowest BCUT2D eigenvalue weighted by atomic mass is 10.1. The van der Waals surface area contributed by atoms with Crippen LogP contribution in [0.15, 0.2) is 22.7 Å². The van der Waals surface area contributed by atoms with Crippen LogP contribution in [0, 0.1) is 5.82 Å². The van der Waals surface area contributed by atoms with E-state index >= 15 is 0 Å². The Morgan fingerprint density at radius 3 is 2.82 bits per heavy atom. The molecule has 1 aromatic heterocycles. The summed E-state index contributed by atoms with van der Waals surface area (Å²) in [5.41, 5.74) is 7.61. The summed E-state index contributed by atoms with van der Waals surface area (Å²) < 4.78 is 13.7. The van der Waals surface area contributed by atoms with Gasteiger partial charge in [-0.25, -0.2) is 9.37 Å². The van der Waals surface area contributed by atoms with Crippen LogP contribution in [0.4, 0.5) is 9.39 Å². The summed E-state index contributed by atoms with van der Waals surface area (Å²) in [6.45, 7) is 0. The average molecular weight is 313 g/mol. The van der Waals surface area contributed by atoms with Crippen LogP contribution >= 0.6 is 27.3 Å². The highest BCUT2D eigenvalue weighted by Gasteiger charge is 2.28. The van der Waals surface area contributed by atoms with Crippen LogP contribution in [0.25, 0.3) is 11.3 Å². The third-order valence-electron chi connectivity index (χ3n) is 2.78. The van der Waals surface area contributed by atoms with Crippen molar-refractivity contribution in [2.24, 2.45) is 0 Å². The predicted octanol–water partition coefficient (Wildman–Crippen LogP) is 4.17. The van der Waals surface area contributed by atoms with Crippen molar-refractivity contribution >= 4 is 32.3 Å². The molecule has 1 saturated carbocycles. The van der Waals surface area contributed by atoms with Crippen LogP contribution in [-0.2, 0) is 0 Å². The fourth-order valence-electron chi connectivity index (χ4n) is 1.73. The van der Waals surface area contributed by atoms with Crippen LogP contribution in [0.1, 0.15) is 23.8 Å². The summed E-state index contributed by atoms with van der Waals surface area (Å²) >= 11 is 4.89. The minimum Gasteiger partial charge on any atom is -0.389 e. The molecular weight excluding hydrogens is 303 g/mol. The Hall–Kier alpha value is -0.940. The van der Waals surface area contributed by atoms with Gasteiger partial charge in [-0.3, -0.25) is 0 Å². The molecule has 0 radical (unpaired) electrons. The molecular formula is C12H10BrFN2S. The smallest absolute Gasteiger partial charge is 0.124 e. The molecule has 0 aliphatic heterocycles. The normalized spacial score (nSPS) is 15.2. The zero-order chi connectivity index (χ0) is 12.0. The highest BCUT2D eigenvalue weighted by Crippen LogP contribution is 2.45. The molecule has 1 aliphatic carbocycles. The number of nitrogens with zero attached hydrogens (tertiary/aromatic N) is 1. The van der Waals surface area contributed by atoms with Crippen molar-refractivity contribution < 1.29 is 4.39 Å². The fourth-order valence-corrected chi connectivity index (χ4v) is 3.28. The Bertz CT molecular complexity index is 578. The van der Waals surface area contributed by atoms with Gasteiger partial charge < -0.3 is 5.73 Å². The summed E-state index contributed by atoms with van der Waals surface area (Å²) in [7, 11) is 0. The highest BCUT2D eigenvalue weighted by atomic mass is 79.9. The molecule has 1 heterocycles. The van der Waals surface area contributed by atoms with Gasteiger partial charge in [0.05, 0.1) is 5.01 Å². The van der Waals surface area contributed by atoms with E-state index in [9.17, 15) is 4.39 Å². The molecule has 1 aromatic carbocycles. The molecule has 2 nitrogen and oxygen atoms in total. The van der Waals surface area contributed by atoms with Gasteiger partial charge in [-0.05, 0) is 47.0 Å². The van der Waals surface area contributed by atoms with Gasteiger partial charge in [0.25, 0.3) is 0 Å².